The number of aromatic nitrogens is 2. The van der Waals surface area contributed by atoms with Crippen molar-refractivity contribution in [2.24, 2.45) is 0 Å². The van der Waals surface area contributed by atoms with Crippen LogP contribution in [0.25, 0.3) is 10.9 Å². The minimum absolute atomic E-state index is 0.0986. The van der Waals surface area contributed by atoms with Gasteiger partial charge < -0.3 is 4.90 Å². The van der Waals surface area contributed by atoms with Gasteiger partial charge in [-0.25, -0.2) is 4.98 Å². The van der Waals surface area contributed by atoms with Crippen LogP contribution < -0.4 is 5.32 Å². The van der Waals surface area contributed by atoms with E-state index in [-0.39, 0.29) is 5.91 Å². The Morgan fingerprint density at radius 3 is 2.89 bits per heavy atom. The van der Waals surface area contributed by atoms with E-state index in [9.17, 15) is 4.79 Å². The zero-order chi connectivity index (χ0) is 19.7. The SMILES string of the molecule is CCN1CCc2nc3ccccc3c(C(=O)Nc3nc(CN(C)C)cs3)c2C1. The van der Waals surface area contributed by atoms with Gasteiger partial charge in [-0.3, -0.25) is 20.0 Å². The number of nitrogens with zero attached hydrogens (tertiary/aromatic N) is 4. The van der Waals surface area contributed by atoms with E-state index in [0.29, 0.717) is 5.13 Å². The number of fused-ring (bicyclic) bond motifs is 2. The molecule has 4 rings (SSSR count). The molecule has 1 aliphatic heterocycles. The highest BCUT2D eigenvalue weighted by molar-refractivity contribution is 7.14. The molecule has 0 saturated heterocycles. The van der Waals surface area contributed by atoms with E-state index in [4.69, 9.17) is 4.98 Å². The van der Waals surface area contributed by atoms with Crippen molar-refractivity contribution < 1.29 is 4.79 Å². The van der Waals surface area contributed by atoms with Gasteiger partial charge in [0.05, 0.1) is 16.8 Å². The third kappa shape index (κ3) is 3.78. The van der Waals surface area contributed by atoms with E-state index >= 15 is 0 Å². The summed E-state index contributed by atoms with van der Waals surface area (Å²) < 4.78 is 0. The number of rotatable bonds is 5. The molecule has 0 radical (unpaired) electrons. The second-order valence-electron chi connectivity index (χ2n) is 7.38. The number of benzene rings is 1. The highest BCUT2D eigenvalue weighted by Gasteiger charge is 2.25. The Morgan fingerprint density at radius 2 is 2.11 bits per heavy atom. The summed E-state index contributed by atoms with van der Waals surface area (Å²) in [4.78, 5) is 27.1. The van der Waals surface area contributed by atoms with Crippen LogP contribution in [0.2, 0.25) is 0 Å². The van der Waals surface area contributed by atoms with Crippen molar-refractivity contribution in [3.05, 3.63) is 52.2 Å². The molecule has 28 heavy (non-hydrogen) atoms. The van der Waals surface area contributed by atoms with E-state index in [0.717, 1.165) is 66.0 Å². The Bertz CT molecular complexity index is 1010. The van der Waals surface area contributed by atoms with Crippen molar-refractivity contribution >= 4 is 33.3 Å². The number of pyridine rings is 1. The molecule has 3 aromatic rings. The number of thiazole rings is 1. The molecule has 1 N–H and O–H groups in total. The lowest BCUT2D eigenvalue weighted by molar-refractivity contribution is 0.102. The number of hydrogen-bond acceptors (Lipinski definition) is 6. The van der Waals surface area contributed by atoms with Gasteiger partial charge in [0, 0.05) is 48.1 Å². The average Bonchev–Trinajstić information content (AvgIpc) is 3.11. The first-order valence-corrected chi connectivity index (χ1v) is 10.5. The molecule has 2 aromatic heterocycles. The Kier molecular flexibility index (Phi) is 5.39. The predicted molar refractivity (Wildman–Crippen MR) is 114 cm³/mol. The molecule has 0 atom stereocenters. The van der Waals surface area contributed by atoms with E-state index in [1.54, 1.807) is 0 Å². The summed E-state index contributed by atoms with van der Waals surface area (Å²) >= 11 is 1.47. The number of amides is 1. The van der Waals surface area contributed by atoms with Crippen LogP contribution in [-0.4, -0.2) is 52.9 Å². The van der Waals surface area contributed by atoms with Crippen molar-refractivity contribution in [3.63, 3.8) is 0 Å². The molecule has 6 nitrogen and oxygen atoms in total. The number of hydrogen-bond donors (Lipinski definition) is 1. The summed E-state index contributed by atoms with van der Waals surface area (Å²) in [5.74, 6) is -0.0986. The van der Waals surface area contributed by atoms with Gasteiger partial charge >= 0.3 is 0 Å². The van der Waals surface area contributed by atoms with E-state index < -0.39 is 0 Å². The zero-order valence-electron chi connectivity index (χ0n) is 16.5. The molecule has 3 heterocycles. The Hall–Kier alpha value is -2.35. The smallest absolute Gasteiger partial charge is 0.258 e. The lowest BCUT2D eigenvalue weighted by atomic mass is 9.95. The molecule has 1 aromatic carbocycles. The molecule has 1 amide bonds. The average molecular weight is 396 g/mol. The second-order valence-corrected chi connectivity index (χ2v) is 8.24. The van der Waals surface area contributed by atoms with Crippen LogP contribution in [0.1, 0.15) is 34.2 Å². The number of likely N-dealkylation sites (N-methyl/N-ethyl adjacent to an activating group) is 1. The van der Waals surface area contributed by atoms with Crippen LogP contribution in [-0.2, 0) is 19.5 Å². The maximum atomic E-state index is 13.3. The minimum Gasteiger partial charge on any atom is -0.304 e. The summed E-state index contributed by atoms with van der Waals surface area (Å²) in [7, 11) is 4.01. The Balaban J connectivity index is 1.72. The number of carbonyl (C=O) groups excluding carboxylic acids is 1. The van der Waals surface area contributed by atoms with Crippen molar-refractivity contribution in [1.29, 1.82) is 0 Å². The van der Waals surface area contributed by atoms with Gasteiger partial charge in [-0.15, -0.1) is 11.3 Å². The monoisotopic (exact) mass is 395 g/mol. The molecular formula is C21H25N5OS. The fraction of sp³-hybridized carbons (Fsp3) is 0.381. The van der Waals surface area contributed by atoms with Crippen LogP contribution in [0.5, 0.6) is 0 Å². The van der Waals surface area contributed by atoms with Gasteiger partial charge in [0.15, 0.2) is 5.13 Å². The fourth-order valence-corrected chi connectivity index (χ4v) is 4.39. The zero-order valence-corrected chi connectivity index (χ0v) is 17.3. The topological polar surface area (TPSA) is 61.4 Å². The summed E-state index contributed by atoms with van der Waals surface area (Å²) in [6.07, 6.45) is 0.874. The number of carbonyl (C=O) groups is 1. The van der Waals surface area contributed by atoms with Gasteiger partial charge in [-0.2, -0.15) is 0 Å². The molecule has 0 fully saturated rings. The molecule has 0 unspecified atom stereocenters. The highest BCUT2D eigenvalue weighted by Crippen LogP contribution is 2.29. The van der Waals surface area contributed by atoms with Crippen molar-refractivity contribution in [2.75, 3.05) is 32.5 Å². The van der Waals surface area contributed by atoms with Crippen LogP contribution in [0.4, 0.5) is 5.13 Å². The first-order valence-electron chi connectivity index (χ1n) is 9.58. The summed E-state index contributed by atoms with van der Waals surface area (Å²) in [6, 6.07) is 7.91. The Labute approximate surface area is 169 Å². The molecule has 0 saturated carbocycles. The molecule has 1 aliphatic rings. The molecule has 146 valence electrons. The molecule has 0 bridgehead atoms. The third-order valence-electron chi connectivity index (χ3n) is 5.05. The van der Waals surface area contributed by atoms with E-state index in [1.165, 1.54) is 11.3 Å². The first-order chi connectivity index (χ1) is 13.5. The van der Waals surface area contributed by atoms with Gasteiger partial charge in [-0.1, -0.05) is 25.1 Å². The lowest BCUT2D eigenvalue weighted by Crippen LogP contribution is -2.33. The summed E-state index contributed by atoms with van der Waals surface area (Å²) in [5, 5.41) is 6.57. The molecule has 7 heteroatoms. The number of para-hydroxylation sites is 1. The molecule has 0 aliphatic carbocycles. The summed E-state index contributed by atoms with van der Waals surface area (Å²) in [5.41, 5.74) is 4.67. The quantitative estimate of drug-likeness (QED) is 0.718. The van der Waals surface area contributed by atoms with Gasteiger partial charge in [0.1, 0.15) is 0 Å². The third-order valence-corrected chi connectivity index (χ3v) is 5.86. The highest BCUT2D eigenvalue weighted by atomic mass is 32.1. The standard InChI is InChI=1S/C21H25N5OS/c1-4-26-10-9-18-16(12-26)19(15-7-5-6-8-17(15)23-18)20(27)24-21-22-14(13-28-21)11-25(2)3/h5-8,13H,4,9-12H2,1-3H3,(H,22,24,27). The fourth-order valence-electron chi connectivity index (χ4n) is 3.70. The van der Waals surface area contributed by atoms with Gasteiger partial charge in [-0.05, 0) is 26.7 Å². The molecular weight excluding hydrogens is 370 g/mol. The van der Waals surface area contributed by atoms with Crippen LogP contribution in [0.3, 0.4) is 0 Å². The summed E-state index contributed by atoms with van der Waals surface area (Å²) in [6.45, 7) is 5.62. The first kappa shape index (κ1) is 19.0. The van der Waals surface area contributed by atoms with Crippen molar-refractivity contribution in [1.82, 2.24) is 19.8 Å². The van der Waals surface area contributed by atoms with Gasteiger partial charge in [0.2, 0.25) is 0 Å². The van der Waals surface area contributed by atoms with Crippen molar-refractivity contribution in [3.8, 4) is 0 Å². The largest absolute Gasteiger partial charge is 0.304 e. The van der Waals surface area contributed by atoms with Gasteiger partial charge in [0.25, 0.3) is 5.91 Å². The van der Waals surface area contributed by atoms with Crippen LogP contribution >= 0.6 is 11.3 Å². The van der Waals surface area contributed by atoms with E-state index in [2.05, 4.69) is 27.0 Å². The van der Waals surface area contributed by atoms with Crippen LogP contribution in [0, 0.1) is 0 Å². The number of nitrogens with one attached hydrogen (secondary N) is 1. The van der Waals surface area contributed by atoms with Crippen LogP contribution in [0.15, 0.2) is 29.6 Å². The predicted octanol–water partition coefficient (Wildman–Crippen LogP) is 3.38. The molecule has 0 spiro atoms. The maximum Gasteiger partial charge on any atom is 0.258 e. The van der Waals surface area contributed by atoms with E-state index in [1.807, 2.05) is 43.7 Å². The second kappa shape index (κ2) is 7.95. The Morgan fingerprint density at radius 1 is 1.29 bits per heavy atom. The normalized spacial score (nSPS) is 14.4. The number of anilines is 1. The van der Waals surface area contributed by atoms with Crippen molar-refractivity contribution in [2.45, 2.75) is 26.4 Å². The maximum absolute atomic E-state index is 13.3. The lowest BCUT2D eigenvalue weighted by Gasteiger charge is -2.29. The minimum atomic E-state index is -0.0986.